The summed E-state index contributed by atoms with van der Waals surface area (Å²) >= 11 is 0. The summed E-state index contributed by atoms with van der Waals surface area (Å²) in [4.78, 5) is 23.7. The van der Waals surface area contributed by atoms with Crippen LogP contribution in [-0.4, -0.2) is 44.7 Å². The summed E-state index contributed by atoms with van der Waals surface area (Å²) in [6.45, 7) is 6.42. The largest absolute Gasteiger partial charge is 0.491 e. The van der Waals surface area contributed by atoms with Crippen molar-refractivity contribution >= 4 is 29.9 Å². The average Bonchev–Trinajstić information content (AvgIpc) is 2.54. The lowest BCUT2D eigenvalue weighted by atomic mass is 10.1. The fraction of sp³-hybridized carbons (Fsp3) is 0.529. The van der Waals surface area contributed by atoms with Gasteiger partial charge in [0.15, 0.2) is 0 Å². The van der Waals surface area contributed by atoms with Crippen LogP contribution in [0.25, 0.3) is 0 Å². The lowest BCUT2D eigenvalue weighted by molar-refractivity contribution is -0.125. The number of amides is 2. The lowest BCUT2D eigenvalue weighted by Crippen LogP contribution is -2.46. The smallest absolute Gasteiger partial charge is 0.243 e. The molecule has 142 valence electrons. The predicted molar refractivity (Wildman–Crippen MR) is 100 cm³/mol. The summed E-state index contributed by atoms with van der Waals surface area (Å²) < 4.78 is 10.4. The molecule has 0 fully saturated rings. The van der Waals surface area contributed by atoms with E-state index >= 15 is 0 Å². The molecule has 0 heterocycles. The summed E-state index contributed by atoms with van der Waals surface area (Å²) in [7, 11) is 1.61. The van der Waals surface area contributed by atoms with Gasteiger partial charge in [0.05, 0.1) is 19.2 Å². The Kier molecular flexibility index (Phi) is 10.8. The lowest BCUT2D eigenvalue weighted by Gasteiger charge is -2.15. The van der Waals surface area contributed by atoms with Crippen molar-refractivity contribution in [3.05, 3.63) is 23.8 Å². The Morgan fingerprint density at radius 1 is 1.24 bits per heavy atom. The highest BCUT2D eigenvalue weighted by Gasteiger charge is 2.17. The molecule has 0 bridgehead atoms. The number of benzene rings is 1. The number of hydrogen-bond acceptors (Lipinski definition) is 5. The molecule has 4 N–H and O–H groups in total. The molecule has 0 aromatic heterocycles. The number of carbonyl (C=O) groups is 2. The fourth-order valence-electron chi connectivity index (χ4n) is 1.89. The number of hydrogen-bond donors (Lipinski definition) is 3. The molecule has 25 heavy (non-hydrogen) atoms. The molecule has 0 radical (unpaired) electrons. The molecule has 0 saturated heterocycles. The maximum atomic E-state index is 11.9. The molecule has 0 unspecified atom stereocenters. The summed E-state index contributed by atoms with van der Waals surface area (Å²) in [5, 5.41) is 5.29. The van der Waals surface area contributed by atoms with Crippen LogP contribution < -0.4 is 21.1 Å². The molecule has 8 heteroatoms. The number of halogens is 1. The zero-order valence-electron chi connectivity index (χ0n) is 15.1. The number of nitrogens with two attached hydrogens (primary N) is 1. The van der Waals surface area contributed by atoms with E-state index in [4.69, 9.17) is 15.2 Å². The Morgan fingerprint density at radius 3 is 2.48 bits per heavy atom. The number of ether oxygens (including phenoxy) is 2. The zero-order chi connectivity index (χ0) is 18.1. The van der Waals surface area contributed by atoms with Crippen LogP contribution in [0, 0.1) is 12.8 Å². The van der Waals surface area contributed by atoms with E-state index < -0.39 is 6.04 Å². The first-order chi connectivity index (χ1) is 11.3. The highest BCUT2D eigenvalue weighted by Crippen LogP contribution is 2.21. The molecular weight excluding hydrogens is 346 g/mol. The second kappa shape index (κ2) is 11.7. The minimum atomic E-state index is -0.622. The van der Waals surface area contributed by atoms with Gasteiger partial charge in [0.1, 0.15) is 12.4 Å². The number of rotatable bonds is 9. The van der Waals surface area contributed by atoms with Crippen LogP contribution in [0.5, 0.6) is 5.75 Å². The highest BCUT2D eigenvalue weighted by atomic mass is 35.5. The molecule has 0 spiro atoms. The summed E-state index contributed by atoms with van der Waals surface area (Å²) in [6.07, 6.45) is 0. The molecular formula is C17H28ClN3O4. The third-order valence-electron chi connectivity index (χ3n) is 3.47. The standard InChI is InChI=1S/C17H27N3O4.ClH/c1-11(2)16(18)17(22)19-10-15(21)20-14-6-5-13(9-12(14)3)24-8-7-23-4;/h5-6,9,11,16H,7-8,10,18H2,1-4H3,(H,19,22)(H,20,21);1H/t16-;/m0./s1. The van der Waals surface area contributed by atoms with Crippen molar-refractivity contribution in [2.45, 2.75) is 26.8 Å². The average molecular weight is 374 g/mol. The van der Waals surface area contributed by atoms with Crippen molar-refractivity contribution in [3.8, 4) is 5.75 Å². The van der Waals surface area contributed by atoms with Crippen molar-refractivity contribution < 1.29 is 19.1 Å². The highest BCUT2D eigenvalue weighted by molar-refractivity contribution is 5.95. The zero-order valence-corrected chi connectivity index (χ0v) is 15.9. The Bertz CT molecular complexity index is 567. The van der Waals surface area contributed by atoms with Crippen molar-refractivity contribution in [3.63, 3.8) is 0 Å². The van der Waals surface area contributed by atoms with Crippen molar-refractivity contribution in [2.24, 2.45) is 11.7 Å². The van der Waals surface area contributed by atoms with Gasteiger partial charge in [0.2, 0.25) is 11.8 Å². The van der Waals surface area contributed by atoms with Crippen LogP contribution in [0.2, 0.25) is 0 Å². The van der Waals surface area contributed by atoms with Gasteiger partial charge in [-0.15, -0.1) is 12.4 Å². The maximum absolute atomic E-state index is 11.9. The van der Waals surface area contributed by atoms with Crippen LogP contribution in [-0.2, 0) is 14.3 Å². The van der Waals surface area contributed by atoms with Gasteiger partial charge in [-0.05, 0) is 36.6 Å². The Labute approximate surface area is 155 Å². The number of aryl methyl sites for hydroxylation is 1. The Hall–Kier alpha value is -1.83. The van der Waals surface area contributed by atoms with Crippen LogP contribution in [0.4, 0.5) is 5.69 Å². The summed E-state index contributed by atoms with van der Waals surface area (Å²) in [5.74, 6) is 0.0777. The number of anilines is 1. The van der Waals surface area contributed by atoms with Gasteiger partial charge in [-0.3, -0.25) is 9.59 Å². The van der Waals surface area contributed by atoms with E-state index in [9.17, 15) is 9.59 Å². The molecule has 0 aliphatic carbocycles. The third kappa shape index (κ3) is 8.20. The predicted octanol–water partition coefficient (Wildman–Crippen LogP) is 1.48. The van der Waals surface area contributed by atoms with E-state index in [1.807, 2.05) is 26.8 Å². The van der Waals surface area contributed by atoms with Crippen molar-refractivity contribution in [1.29, 1.82) is 0 Å². The molecule has 2 amide bonds. The molecule has 1 aromatic carbocycles. The second-order valence-electron chi connectivity index (χ2n) is 5.85. The van der Waals surface area contributed by atoms with E-state index in [0.717, 1.165) is 5.56 Å². The third-order valence-corrected chi connectivity index (χ3v) is 3.47. The van der Waals surface area contributed by atoms with Gasteiger partial charge in [-0.25, -0.2) is 0 Å². The first-order valence-electron chi connectivity index (χ1n) is 7.90. The van der Waals surface area contributed by atoms with Gasteiger partial charge < -0.3 is 25.8 Å². The van der Waals surface area contributed by atoms with E-state index in [0.29, 0.717) is 24.7 Å². The van der Waals surface area contributed by atoms with Gasteiger partial charge in [-0.2, -0.15) is 0 Å². The molecule has 0 saturated carbocycles. The van der Waals surface area contributed by atoms with Gasteiger partial charge >= 0.3 is 0 Å². The van der Waals surface area contributed by atoms with Crippen LogP contribution >= 0.6 is 12.4 Å². The molecule has 1 aromatic rings. The van der Waals surface area contributed by atoms with E-state index in [1.165, 1.54) is 0 Å². The fourth-order valence-corrected chi connectivity index (χ4v) is 1.89. The van der Waals surface area contributed by atoms with E-state index in [-0.39, 0.29) is 36.7 Å². The number of carbonyl (C=O) groups excluding carboxylic acids is 2. The van der Waals surface area contributed by atoms with Crippen LogP contribution in [0.1, 0.15) is 19.4 Å². The Balaban J connectivity index is 0.00000576. The molecule has 0 aliphatic rings. The van der Waals surface area contributed by atoms with Gasteiger partial charge in [0, 0.05) is 12.8 Å². The summed E-state index contributed by atoms with van der Waals surface area (Å²) in [6, 6.07) is 4.74. The molecule has 1 rings (SSSR count). The van der Waals surface area contributed by atoms with E-state index in [1.54, 1.807) is 19.2 Å². The summed E-state index contributed by atoms with van der Waals surface area (Å²) in [5.41, 5.74) is 7.26. The molecule has 1 atom stereocenters. The second-order valence-corrected chi connectivity index (χ2v) is 5.85. The minimum absolute atomic E-state index is 0. The van der Waals surface area contributed by atoms with Crippen LogP contribution in [0.15, 0.2) is 18.2 Å². The first kappa shape index (κ1) is 23.2. The Morgan fingerprint density at radius 2 is 1.92 bits per heavy atom. The number of methoxy groups -OCH3 is 1. The normalized spacial score (nSPS) is 11.4. The minimum Gasteiger partial charge on any atom is -0.491 e. The van der Waals surface area contributed by atoms with Gasteiger partial charge in [-0.1, -0.05) is 13.8 Å². The first-order valence-corrected chi connectivity index (χ1v) is 7.90. The maximum Gasteiger partial charge on any atom is 0.243 e. The van der Waals surface area contributed by atoms with Crippen LogP contribution in [0.3, 0.4) is 0 Å². The monoisotopic (exact) mass is 373 g/mol. The van der Waals surface area contributed by atoms with Crippen molar-refractivity contribution in [1.82, 2.24) is 5.32 Å². The van der Waals surface area contributed by atoms with E-state index in [2.05, 4.69) is 10.6 Å². The number of nitrogens with one attached hydrogen (secondary N) is 2. The topological polar surface area (TPSA) is 103 Å². The SMILES string of the molecule is COCCOc1ccc(NC(=O)CNC(=O)[C@@H](N)C(C)C)c(C)c1.Cl. The molecule has 0 aliphatic heterocycles. The van der Waals surface area contributed by atoms with Gasteiger partial charge in [0.25, 0.3) is 0 Å². The van der Waals surface area contributed by atoms with Crippen molar-refractivity contribution in [2.75, 3.05) is 32.2 Å². The molecule has 7 nitrogen and oxygen atoms in total. The quantitative estimate of drug-likeness (QED) is 0.569.